The zero-order valence-electron chi connectivity index (χ0n) is 23.8. The molecule has 5 nitrogen and oxygen atoms in total. The normalized spacial score (nSPS) is 13.4. The highest BCUT2D eigenvalue weighted by Gasteiger charge is 2.39. The summed E-state index contributed by atoms with van der Waals surface area (Å²) in [5, 5.41) is 0.0661. The highest BCUT2D eigenvalue weighted by molar-refractivity contribution is 6.74. The Morgan fingerprint density at radius 3 is 1.53 bits per heavy atom. The van der Waals surface area contributed by atoms with E-state index in [9.17, 15) is 9.59 Å². The van der Waals surface area contributed by atoms with Crippen molar-refractivity contribution in [1.82, 2.24) is 0 Å². The summed E-state index contributed by atoms with van der Waals surface area (Å²) in [4.78, 5) is 27.7. The molecule has 0 bridgehead atoms. The van der Waals surface area contributed by atoms with Crippen LogP contribution >= 0.6 is 0 Å². The summed E-state index contributed by atoms with van der Waals surface area (Å²) in [5.41, 5.74) is 1.89. The monoisotopic (exact) mass is 532 g/mol. The number of ketones is 2. The molecule has 0 spiro atoms. The first kappa shape index (κ1) is 29.2. The molecule has 2 unspecified atom stereocenters. The first-order valence-electron chi connectivity index (χ1n) is 13.1. The Labute approximate surface area is 228 Å². The van der Waals surface area contributed by atoms with Gasteiger partial charge in [-0.15, -0.1) is 0 Å². The summed E-state index contributed by atoms with van der Waals surface area (Å²) < 4.78 is 17.0. The van der Waals surface area contributed by atoms with Crippen molar-refractivity contribution in [2.24, 2.45) is 5.92 Å². The van der Waals surface area contributed by atoms with Crippen molar-refractivity contribution in [3.8, 4) is 17.2 Å². The molecule has 0 aliphatic heterocycles. The molecule has 0 heterocycles. The minimum Gasteiger partial charge on any atom is -0.544 e. The lowest BCUT2D eigenvalue weighted by atomic mass is 9.75. The summed E-state index contributed by atoms with van der Waals surface area (Å²) in [6.07, 6.45) is 0.514. The van der Waals surface area contributed by atoms with Crippen molar-refractivity contribution >= 4 is 19.9 Å². The van der Waals surface area contributed by atoms with Crippen LogP contribution in [0.15, 0.2) is 72.8 Å². The van der Waals surface area contributed by atoms with Gasteiger partial charge in [-0.1, -0.05) is 39.8 Å². The molecule has 2 atom stereocenters. The number of carbonyl (C=O) groups excluding carboxylic acids is 2. The van der Waals surface area contributed by atoms with Gasteiger partial charge in [0.25, 0.3) is 0 Å². The number of hydrogen-bond acceptors (Lipinski definition) is 5. The average molecular weight is 533 g/mol. The Morgan fingerprint density at radius 1 is 0.711 bits per heavy atom. The molecule has 3 aromatic rings. The van der Waals surface area contributed by atoms with Crippen LogP contribution in [0.3, 0.4) is 0 Å². The van der Waals surface area contributed by atoms with Gasteiger partial charge < -0.3 is 13.9 Å². The lowest BCUT2D eigenvalue weighted by molar-refractivity contribution is 0.0816. The summed E-state index contributed by atoms with van der Waals surface area (Å²) >= 11 is 0. The molecule has 0 aromatic heterocycles. The zero-order chi connectivity index (χ0) is 28.1. The van der Waals surface area contributed by atoms with E-state index in [0.717, 1.165) is 11.3 Å². The summed E-state index contributed by atoms with van der Waals surface area (Å²) in [6.45, 7) is 13.0. The van der Waals surface area contributed by atoms with Gasteiger partial charge in [-0.05, 0) is 90.8 Å². The predicted octanol–water partition coefficient (Wildman–Crippen LogP) is 7.96. The van der Waals surface area contributed by atoms with Crippen molar-refractivity contribution in [2.75, 3.05) is 14.2 Å². The molecule has 0 radical (unpaired) electrons. The summed E-state index contributed by atoms with van der Waals surface area (Å²) in [7, 11) is 1.17. The van der Waals surface area contributed by atoms with Crippen molar-refractivity contribution < 1.29 is 23.5 Å². The van der Waals surface area contributed by atoms with Crippen LogP contribution in [0.1, 0.15) is 66.3 Å². The van der Waals surface area contributed by atoms with Gasteiger partial charge in [0.1, 0.15) is 17.2 Å². The second-order valence-electron chi connectivity index (χ2n) is 11.1. The molecule has 0 aliphatic rings. The maximum absolute atomic E-state index is 14.0. The fourth-order valence-electron chi connectivity index (χ4n) is 4.23. The fraction of sp³-hybridized carbons (Fsp3) is 0.375. The summed E-state index contributed by atoms with van der Waals surface area (Å²) in [5.74, 6) is 0.785. The van der Waals surface area contributed by atoms with Gasteiger partial charge in [0.15, 0.2) is 11.6 Å². The molecule has 3 aromatic carbocycles. The lowest BCUT2D eigenvalue weighted by Gasteiger charge is -2.36. The molecule has 0 amide bonds. The van der Waals surface area contributed by atoms with Crippen molar-refractivity contribution in [1.29, 1.82) is 0 Å². The average Bonchev–Trinajstić information content (AvgIpc) is 2.91. The Morgan fingerprint density at radius 2 is 1.13 bits per heavy atom. The largest absolute Gasteiger partial charge is 0.544 e. The predicted molar refractivity (Wildman–Crippen MR) is 155 cm³/mol. The lowest BCUT2D eigenvalue weighted by Crippen LogP contribution is -2.43. The standard InChI is InChI=1S/C32H40O5Si/c1-9-28(30(33)23-12-16-25(35-5)17-13-23)29(31(34)24-14-18-26(36-6)19-15-24)22-10-20-27(21-11-22)37-38(7,8)32(2,3)4/h10-21,28-29H,9H2,1-8H3. The van der Waals surface area contributed by atoms with E-state index in [4.69, 9.17) is 13.9 Å². The van der Waals surface area contributed by atoms with Gasteiger partial charge >= 0.3 is 0 Å². The first-order valence-corrected chi connectivity index (χ1v) is 16.0. The second-order valence-corrected chi connectivity index (χ2v) is 15.8. The molecular weight excluding hydrogens is 492 g/mol. The van der Waals surface area contributed by atoms with Crippen molar-refractivity contribution in [3.63, 3.8) is 0 Å². The quantitative estimate of drug-likeness (QED) is 0.185. The van der Waals surface area contributed by atoms with E-state index in [1.54, 1.807) is 62.8 Å². The zero-order valence-corrected chi connectivity index (χ0v) is 24.8. The molecule has 202 valence electrons. The van der Waals surface area contributed by atoms with E-state index in [1.807, 2.05) is 31.2 Å². The molecule has 0 saturated carbocycles. The van der Waals surface area contributed by atoms with E-state index >= 15 is 0 Å². The Balaban J connectivity index is 2.02. The van der Waals surface area contributed by atoms with E-state index in [-0.39, 0.29) is 16.6 Å². The van der Waals surface area contributed by atoms with E-state index < -0.39 is 20.2 Å². The molecule has 0 fully saturated rings. The first-order chi connectivity index (χ1) is 17.9. The minimum absolute atomic E-state index is 0.0661. The maximum atomic E-state index is 14.0. The van der Waals surface area contributed by atoms with E-state index in [1.165, 1.54) is 0 Å². The van der Waals surface area contributed by atoms with Gasteiger partial charge in [0.2, 0.25) is 8.32 Å². The number of carbonyl (C=O) groups is 2. The van der Waals surface area contributed by atoms with Crippen LogP contribution in [0, 0.1) is 5.92 Å². The minimum atomic E-state index is -2.02. The highest BCUT2D eigenvalue weighted by atomic mass is 28.4. The van der Waals surface area contributed by atoms with Gasteiger partial charge in [0, 0.05) is 17.0 Å². The van der Waals surface area contributed by atoms with Crippen molar-refractivity contribution in [3.05, 3.63) is 89.5 Å². The molecule has 38 heavy (non-hydrogen) atoms. The molecule has 0 saturated heterocycles. The van der Waals surface area contributed by atoms with Gasteiger partial charge in [-0.3, -0.25) is 9.59 Å². The third-order valence-corrected chi connectivity index (χ3v) is 12.0. The van der Waals surface area contributed by atoms with Crippen LogP contribution in [0.25, 0.3) is 0 Å². The SMILES string of the molecule is CCC(C(=O)c1ccc(OC)cc1)C(C(=O)c1ccc(OC)cc1)c1ccc(O[Si](C)(C)C(C)(C)C)cc1. The number of Topliss-reactive ketones (excluding diaryl/α,β-unsaturated/α-hetero) is 2. The van der Waals surface area contributed by atoms with Crippen LogP contribution in [-0.2, 0) is 0 Å². The Kier molecular flexibility index (Phi) is 9.21. The Hall–Kier alpha value is -3.38. The summed E-state index contributed by atoms with van der Waals surface area (Å²) in [6, 6.07) is 21.8. The molecule has 6 heteroatoms. The Bertz CT molecular complexity index is 1220. The number of methoxy groups -OCH3 is 2. The van der Waals surface area contributed by atoms with Crippen molar-refractivity contribution in [2.45, 2.75) is 58.2 Å². The number of rotatable bonds is 11. The third-order valence-electron chi connectivity index (χ3n) is 7.63. The van der Waals surface area contributed by atoms with Crippen LogP contribution in [0.2, 0.25) is 18.1 Å². The van der Waals surface area contributed by atoms with Crippen LogP contribution in [-0.4, -0.2) is 34.1 Å². The van der Waals surface area contributed by atoms with Gasteiger partial charge in [-0.2, -0.15) is 0 Å². The molecule has 0 N–H and O–H groups in total. The van der Waals surface area contributed by atoms with Crippen LogP contribution < -0.4 is 13.9 Å². The number of hydrogen-bond donors (Lipinski definition) is 0. The van der Waals surface area contributed by atoms with Crippen LogP contribution in [0.4, 0.5) is 0 Å². The second kappa shape index (κ2) is 12.0. The topological polar surface area (TPSA) is 61.8 Å². The number of benzene rings is 3. The smallest absolute Gasteiger partial charge is 0.250 e. The van der Waals surface area contributed by atoms with E-state index in [0.29, 0.717) is 29.0 Å². The van der Waals surface area contributed by atoms with Gasteiger partial charge in [-0.25, -0.2) is 0 Å². The molecular formula is C32H40O5Si. The highest BCUT2D eigenvalue weighted by Crippen LogP contribution is 2.39. The fourth-order valence-corrected chi connectivity index (χ4v) is 5.27. The molecule has 0 aliphatic carbocycles. The van der Waals surface area contributed by atoms with E-state index in [2.05, 4.69) is 33.9 Å². The number of ether oxygens (including phenoxy) is 2. The maximum Gasteiger partial charge on any atom is 0.250 e. The molecule has 3 rings (SSSR count). The third kappa shape index (κ3) is 6.54. The van der Waals surface area contributed by atoms with Gasteiger partial charge in [0.05, 0.1) is 20.1 Å². The van der Waals surface area contributed by atoms with Crippen LogP contribution in [0.5, 0.6) is 17.2 Å².